The van der Waals surface area contributed by atoms with E-state index in [-0.39, 0.29) is 0 Å². The summed E-state index contributed by atoms with van der Waals surface area (Å²) in [7, 11) is 0. The zero-order valence-corrected chi connectivity index (χ0v) is 8.13. The van der Waals surface area contributed by atoms with E-state index in [2.05, 4.69) is 0 Å². The SMILES string of the molecule is CC(C)NC(=O)C(F)(F)C(F)(F)C(F)(F)F. The van der Waals surface area contributed by atoms with Crippen LogP contribution < -0.4 is 5.32 Å². The highest BCUT2D eigenvalue weighted by atomic mass is 19.4. The van der Waals surface area contributed by atoms with Crippen molar-refractivity contribution in [3.63, 3.8) is 0 Å². The smallest absolute Gasteiger partial charge is 0.348 e. The van der Waals surface area contributed by atoms with Gasteiger partial charge in [0.15, 0.2) is 0 Å². The van der Waals surface area contributed by atoms with Crippen LogP contribution in [-0.2, 0) is 4.79 Å². The largest absolute Gasteiger partial charge is 0.460 e. The second-order valence-electron chi connectivity index (χ2n) is 3.27. The Morgan fingerprint density at radius 3 is 1.62 bits per heavy atom. The van der Waals surface area contributed by atoms with Gasteiger partial charge in [-0.3, -0.25) is 4.79 Å². The lowest BCUT2D eigenvalue weighted by Crippen LogP contribution is -2.60. The maximum Gasteiger partial charge on any atom is 0.460 e. The maximum atomic E-state index is 12.6. The summed E-state index contributed by atoms with van der Waals surface area (Å²) in [6.07, 6.45) is -6.50. The molecule has 0 saturated heterocycles. The summed E-state index contributed by atoms with van der Waals surface area (Å²) in [5.41, 5.74) is 0. The van der Waals surface area contributed by atoms with Crippen molar-refractivity contribution >= 4 is 5.91 Å². The van der Waals surface area contributed by atoms with E-state index in [4.69, 9.17) is 0 Å². The topological polar surface area (TPSA) is 29.1 Å². The number of halogens is 7. The minimum absolute atomic E-state index is 0.984. The average molecular weight is 255 g/mol. The molecule has 96 valence electrons. The van der Waals surface area contributed by atoms with Crippen molar-refractivity contribution in [3.8, 4) is 0 Å². The van der Waals surface area contributed by atoms with Crippen molar-refractivity contribution in [1.29, 1.82) is 0 Å². The summed E-state index contributed by atoms with van der Waals surface area (Å²) >= 11 is 0. The van der Waals surface area contributed by atoms with Gasteiger partial charge in [-0.1, -0.05) is 0 Å². The van der Waals surface area contributed by atoms with Crippen molar-refractivity contribution in [2.24, 2.45) is 0 Å². The Morgan fingerprint density at radius 1 is 1.00 bits per heavy atom. The molecule has 0 atom stereocenters. The molecule has 0 aliphatic rings. The van der Waals surface area contributed by atoms with Gasteiger partial charge in [-0.15, -0.1) is 0 Å². The molecule has 0 saturated carbocycles. The monoisotopic (exact) mass is 255 g/mol. The second kappa shape index (κ2) is 4.10. The molecule has 0 heterocycles. The number of hydrogen-bond donors (Lipinski definition) is 1. The minimum Gasteiger partial charge on any atom is -0.348 e. The molecule has 9 heteroatoms. The summed E-state index contributed by atoms with van der Waals surface area (Å²) in [5, 5.41) is 1.29. The van der Waals surface area contributed by atoms with Gasteiger partial charge in [0.25, 0.3) is 5.91 Å². The maximum absolute atomic E-state index is 12.6. The van der Waals surface area contributed by atoms with E-state index in [0.717, 1.165) is 13.8 Å². The molecule has 0 aromatic rings. The first-order valence-electron chi connectivity index (χ1n) is 3.97. The van der Waals surface area contributed by atoms with E-state index >= 15 is 0 Å². The normalized spacial score (nSPS) is 14.1. The van der Waals surface area contributed by atoms with Gasteiger partial charge in [-0.2, -0.15) is 30.7 Å². The van der Waals surface area contributed by atoms with Crippen LogP contribution in [0.2, 0.25) is 0 Å². The number of nitrogens with one attached hydrogen (secondary N) is 1. The third kappa shape index (κ3) is 2.56. The van der Waals surface area contributed by atoms with E-state index in [0.29, 0.717) is 0 Å². The van der Waals surface area contributed by atoms with Gasteiger partial charge >= 0.3 is 18.0 Å². The Hall–Kier alpha value is -1.02. The van der Waals surface area contributed by atoms with E-state index < -0.39 is 30.0 Å². The van der Waals surface area contributed by atoms with Crippen molar-refractivity contribution in [1.82, 2.24) is 5.32 Å². The number of amides is 1. The molecule has 0 aromatic carbocycles. The van der Waals surface area contributed by atoms with Gasteiger partial charge in [0.05, 0.1) is 0 Å². The van der Waals surface area contributed by atoms with E-state index in [1.165, 1.54) is 5.32 Å². The number of hydrogen-bond acceptors (Lipinski definition) is 1. The molecule has 0 unspecified atom stereocenters. The zero-order valence-electron chi connectivity index (χ0n) is 8.13. The highest BCUT2D eigenvalue weighted by Crippen LogP contribution is 2.46. The lowest BCUT2D eigenvalue weighted by Gasteiger charge is -2.27. The Morgan fingerprint density at radius 2 is 1.38 bits per heavy atom. The number of alkyl halides is 7. The molecule has 16 heavy (non-hydrogen) atoms. The molecule has 0 aliphatic carbocycles. The molecule has 0 spiro atoms. The third-order valence-electron chi connectivity index (χ3n) is 1.46. The molecule has 1 amide bonds. The van der Waals surface area contributed by atoms with Crippen LogP contribution in [0.5, 0.6) is 0 Å². The van der Waals surface area contributed by atoms with Gasteiger partial charge in [-0.25, -0.2) is 0 Å². The van der Waals surface area contributed by atoms with Gasteiger partial charge in [0, 0.05) is 6.04 Å². The van der Waals surface area contributed by atoms with Crippen LogP contribution in [0, 0.1) is 0 Å². The fourth-order valence-corrected chi connectivity index (χ4v) is 0.673. The number of rotatable bonds is 3. The zero-order chi connectivity index (χ0) is 13.4. The van der Waals surface area contributed by atoms with Crippen molar-refractivity contribution in [2.75, 3.05) is 0 Å². The van der Waals surface area contributed by atoms with Crippen LogP contribution in [-0.4, -0.2) is 30.0 Å². The van der Waals surface area contributed by atoms with E-state index in [1.807, 2.05) is 0 Å². The predicted molar refractivity (Wildman–Crippen MR) is 39.2 cm³/mol. The lowest BCUT2D eigenvalue weighted by atomic mass is 10.1. The Kier molecular flexibility index (Phi) is 3.83. The standard InChI is InChI=1S/C7H8F7NO/c1-3(2)15-4(16)5(8,9)6(10,11)7(12,13)14/h3H,1-2H3,(H,15,16). The van der Waals surface area contributed by atoms with Crippen LogP contribution in [0.15, 0.2) is 0 Å². The van der Waals surface area contributed by atoms with Crippen LogP contribution in [0.25, 0.3) is 0 Å². The molecule has 0 fully saturated rings. The summed E-state index contributed by atoms with van der Waals surface area (Å²) in [6.45, 7) is 2.28. The second-order valence-corrected chi connectivity index (χ2v) is 3.27. The summed E-state index contributed by atoms with van der Waals surface area (Å²) in [4.78, 5) is 10.5. The first-order valence-corrected chi connectivity index (χ1v) is 3.97. The first-order chi connectivity index (χ1) is 6.84. The quantitative estimate of drug-likeness (QED) is 0.770. The Bertz CT molecular complexity index is 270. The van der Waals surface area contributed by atoms with Crippen LogP contribution in [0.1, 0.15) is 13.8 Å². The average Bonchev–Trinajstić information content (AvgIpc) is 2.00. The van der Waals surface area contributed by atoms with Crippen LogP contribution >= 0.6 is 0 Å². The van der Waals surface area contributed by atoms with E-state index in [1.54, 1.807) is 0 Å². The molecule has 1 N–H and O–H groups in total. The molecule has 0 rings (SSSR count). The predicted octanol–water partition coefficient (Wildman–Crippen LogP) is 2.34. The fourth-order valence-electron chi connectivity index (χ4n) is 0.673. The molecule has 0 radical (unpaired) electrons. The summed E-state index contributed by atoms with van der Waals surface area (Å²) in [5.74, 6) is -14.9. The first kappa shape index (κ1) is 15.0. The molecule has 2 nitrogen and oxygen atoms in total. The van der Waals surface area contributed by atoms with Crippen LogP contribution in [0.4, 0.5) is 30.7 Å². The van der Waals surface area contributed by atoms with Gasteiger partial charge < -0.3 is 5.32 Å². The summed E-state index contributed by atoms with van der Waals surface area (Å²) < 4.78 is 84.5. The van der Waals surface area contributed by atoms with Crippen molar-refractivity contribution < 1.29 is 35.5 Å². The van der Waals surface area contributed by atoms with Gasteiger partial charge in [0.1, 0.15) is 0 Å². The lowest BCUT2D eigenvalue weighted by molar-refractivity contribution is -0.344. The number of carbonyl (C=O) groups is 1. The molecule has 0 aromatic heterocycles. The molecule has 0 aliphatic heterocycles. The molecular weight excluding hydrogens is 247 g/mol. The van der Waals surface area contributed by atoms with Gasteiger partial charge in [0.2, 0.25) is 0 Å². The third-order valence-corrected chi connectivity index (χ3v) is 1.46. The van der Waals surface area contributed by atoms with Crippen molar-refractivity contribution in [3.05, 3.63) is 0 Å². The highest BCUT2D eigenvalue weighted by Gasteiger charge is 2.76. The Balaban J connectivity index is 5.12. The molecular formula is C7H8F7NO. The van der Waals surface area contributed by atoms with Gasteiger partial charge in [-0.05, 0) is 13.8 Å². The number of carbonyl (C=O) groups excluding carboxylic acids is 1. The fraction of sp³-hybridized carbons (Fsp3) is 0.857. The Labute approximate surface area is 85.8 Å². The highest BCUT2D eigenvalue weighted by molar-refractivity contribution is 5.84. The van der Waals surface area contributed by atoms with Crippen LogP contribution in [0.3, 0.4) is 0 Å². The summed E-state index contributed by atoms with van der Waals surface area (Å²) in [6, 6.07) is -0.984. The van der Waals surface area contributed by atoms with Crippen molar-refractivity contribution in [2.45, 2.75) is 37.9 Å². The molecule has 0 bridgehead atoms. The van der Waals surface area contributed by atoms with E-state index in [9.17, 15) is 35.5 Å². The minimum atomic E-state index is -6.50.